The second-order valence-electron chi connectivity index (χ2n) is 10.4. The first-order valence-corrected chi connectivity index (χ1v) is 13.0. The number of esters is 1. The lowest BCUT2D eigenvalue weighted by Gasteiger charge is -2.30. The van der Waals surface area contributed by atoms with Crippen LogP contribution in [-0.2, 0) is 28.9 Å². The zero-order chi connectivity index (χ0) is 26.6. The maximum atomic E-state index is 14.1. The minimum atomic E-state index is -0.647. The molecule has 0 radical (unpaired) electrons. The maximum absolute atomic E-state index is 14.1. The number of rotatable bonds is 5. The highest BCUT2D eigenvalue weighted by atomic mass is 19.1. The molecule has 4 aromatic rings. The summed E-state index contributed by atoms with van der Waals surface area (Å²) < 4.78 is 19.9. The lowest BCUT2D eigenvalue weighted by molar-refractivity contribution is -0.155. The molecule has 10 heteroatoms. The number of fused-ring (bicyclic) bond motifs is 2. The Morgan fingerprint density at radius 3 is 2.87 bits per heavy atom. The molecule has 2 aliphatic heterocycles. The van der Waals surface area contributed by atoms with E-state index in [4.69, 9.17) is 9.72 Å². The van der Waals surface area contributed by atoms with Crippen LogP contribution in [-0.4, -0.2) is 80.4 Å². The van der Waals surface area contributed by atoms with E-state index in [1.165, 1.54) is 12.1 Å². The third kappa shape index (κ3) is 4.33. The summed E-state index contributed by atoms with van der Waals surface area (Å²) >= 11 is 0. The Kier molecular flexibility index (Phi) is 6.16. The van der Waals surface area contributed by atoms with Crippen molar-refractivity contribution in [2.45, 2.75) is 44.9 Å². The van der Waals surface area contributed by atoms with E-state index < -0.39 is 5.82 Å². The molecule has 198 valence electrons. The number of hydrogen-bond acceptors (Lipinski definition) is 7. The van der Waals surface area contributed by atoms with E-state index in [0.29, 0.717) is 30.9 Å². The van der Waals surface area contributed by atoms with Gasteiger partial charge in [-0.3, -0.25) is 14.8 Å². The van der Waals surface area contributed by atoms with Gasteiger partial charge in [-0.2, -0.15) is 5.10 Å². The summed E-state index contributed by atoms with van der Waals surface area (Å²) in [6, 6.07) is 8.28. The van der Waals surface area contributed by atoms with Crippen molar-refractivity contribution in [1.82, 2.24) is 30.0 Å². The molecule has 9 nitrogen and oxygen atoms in total. The van der Waals surface area contributed by atoms with Crippen molar-refractivity contribution < 1.29 is 19.0 Å². The molecule has 0 bridgehead atoms. The van der Waals surface area contributed by atoms with Crippen LogP contribution in [0.3, 0.4) is 0 Å². The van der Waals surface area contributed by atoms with Gasteiger partial charge in [0.15, 0.2) is 17.4 Å². The monoisotopic (exact) mass is 518 g/mol. The Hall–Kier alpha value is -3.76. The van der Waals surface area contributed by atoms with Crippen molar-refractivity contribution in [2.75, 3.05) is 27.2 Å². The van der Waals surface area contributed by atoms with Crippen molar-refractivity contribution in [1.29, 1.82) is 0 Å². The van der Waals surface area contributed by atoms with Crippen LogP contribution in [0, 0.1) is 5.82 Å². The number of aryl methyl sites for hydroxylation is 1. The van der Waals surface area contributed by atoms with Gasteiger partial charge < -0.3 is 19.7 Å². The quantitative estimate of drug-likeness (QED) is 0.346. The molecule has 4 heterocycles. The smallest absolute Gasteiger partial charge is 0.324 e. The number of H-pyrrole nitrogens is 2. The highest BCUT2D eigenvalue weighted by Gasteiger charge is 2.35. The van der Waals surface area contributed by atoms with Crippen molar-refractivity contribution in [3.8, 4) is 28.4 Å². The van der Waals surface area contributed by atoms with E-state index in [9.17, 15) is 14.3 Å². The minimum absolute atomic E-state index is 0.0520. The number of benzene rings is 2. The molecule has 2 aromatic heterocycles. The molecule has 6 rings (SSSR count). The fourth-order valence-corrected chi connectivity index (χ4v) is 5.59. The molecule has 1 fully saturated rings. The van der Waals surface area contributed by atoms with Gasteiger partial charge in [0.25, 0.3) is 0 Å². The first-order valence-electron chi connectivity index (χ1n) is 13.0. The highest BCUT2D eigenvalue weighted by Crippen LogP contribution is 2.34. The van der Waals surface area contributed by atoms with Gasteiger partial charge in [0.1, 0.15) is 17.8 Å². The average molecular weight is 519 g/mol. The van der Waals surface area contributed by atoms with Gasteiger partial charge in [0.05, 0.1) is 16.9 Å². The second kappa shape index (κ2) is 9.52. The van der Waals surface area contributed by atoms with Crippen molar-refractivity contribution in [2.24, 2.45) is 0 Å². The second-order valence-corrected chi connectivity index (χ2v) is 10.4. The Bertz CT molecular complexity index is 1530. The number of ether oxygens (including phenoxy) is 1. The highest BCUT2D eigenvalue weighted by molar-refractivity contribution is 5.94. The molecule has 2 aromatic carbocycles. The van der Waals surface area contributed by atoms with E-state index in [2.05, 4.69) is 20.1 Å². The molecule has 0 saturated carbocycles. The Morgan fingerprint density at radius 1 is 1.26 bits per heavy atom. The SMILES string of the molecule is CCc1cc(O)c(F)cc1-c1ccc2c(-c3nc4c([nH]3)CN(C)C(C(=O)OC3CCN(C)C3)C4)n[nH]c2c1. The number of aromatic hydroxyl groups is 1. The van der Waals surface area contributed by atoms with Crippen LogP contribution >= 0.6 is 0 Å². The van der Waals surface area contributed by atoms with Gasteiger partial charge in [-0.25, -0.2) is 9.37 Å². The Balaban J connectivity index is 1.26. The van der Waals surface area contributed by atoms with Gasteiger partial charge in [-0.1, -0.05) is 13.0 Å². The van der Waals surface area contributed by atoms with E-state index in [0.717, 1.165) is 58.5 Å². The van der Waals surface area contributed by atoms with Gasteiger partial charge in [0.2, 0.25) is 0 Å². The summed E-state index contributed by atoms with van der Waals surface area (Å²) in [5.74, 6) is -0.548. The molecule has 0 aliphatic carbocycles. The number of carbonyl (C=O) groups excluding carboxylic acids is 1. The average Bonchev–Trinajstić information content (AvgIpc) is 3.62. The molecule has 2 aliphatic rings. The molecule has 38 heavy (non-hydrogen) atoms. The fourth-order valence-electron chi connectivity index (χ4n) is 5.59. The minimum Gasteiger partial charge on any atom is -0.505 e. The number of hydrogen-bond donors (Lipinski definition) is 3. The standard InChI is InChI=1S/C28H31FN6O3/c1-4-15-10-25(36)20(29)11-19(15)16-5-6-18-21(9-16)32-33-26(18)27-30-22-12-24(35(3)14-23(22)31-27)28(37)38-17-7-8-34(2)13-17/h5-6,9-11,17,24,36H,4,7-8,12-14H2,1-3H3,(H,30,31)(H,32,33). The Morgan fingerprint density at radius 2 is 2.11 bits per heavy atom. The summed E-state index contributed by atoms with van der Waals surface area (Å²) in [7, 11) is 3.96. The van der Waals surface area contributed by atoms with Gasteiger partial charge >= 0.3 is 5.97 Å². The van der Waals surface area contributed by atoms with Crippen LogP contribution in [0.1, 0.15) is 30.3 Å². The predicted molar refractivity (Wildman–Crippen MR) is 141 cm³/mol. The summed E-state index contributed by atoms with van der Waals surface area (Å²) in [6.45, 7) is 4.24. The maximum Gasteiger partial charge on any atom is 0.324 e. The molecule has 0 spiro atoms. The van der Waals surface area contributed by atoms with E-state index in [-0.39, 0.29) is 23.9 Å². The number of nitrogens with one attached hydrogen (secondary N) is 2. The summed E-state index contributed by atoms with van der Waals surface area (Å²) in [6.07, 6.45) is 1.95. The number of phenols is 1. The summed E-state index contributed by atoms with van der Waals surface area (Å²) in [4.78, 5) is 25.4. The van der Waals surface area contributed by atoms with E-state index in [1.54, 1.807) is 0 Å². The largest absolute Gasteiger partial charge is 0.505 e. The third-order valence-corrected chi connectivity index (χ3v) is 7.75. The van der Waals surface area contributed by atoms with Crippen molar-refractivity contribution in [3.05, 3.63) is 53.1 Å². The fraction of sp³-hybridized carbons (Fsp3) is 0.393. The lowest BCUT2D eigenvalue weighted by atomic mass is 9.96. The van der Waals surface area contributed by atoms with Crippen LogP contribution in [0.15, 0.2) is 30.3 Å². The number of nitrogens with zero attached hydrogens (tertiary/aromatic N) is 4. The zero-order valence-electron chi connectivity index (χ0n) is 21.7. The molecular formula is C28H31FN6O3. The normalized spacial score (nSPS) is 20.2. The molecule has 1 saturated heterocycles. The molecule has 2 atom stereocenters. The van der Waals surface area contributed by atoms with E-state index >= 15 is 0 Å². The number of carbonyl (C=O) groups is 1. The van der Waals surface area contributed by atoms with Gasteiger partial charge in [0, 0.05) is 31.4 Å². The summed E-state index contributed by atoms with van der Waals surface area (Å²) in [5, 5.41) is 18.3. The molecule has 3 N–H and O–H groups in total. The van der Waals surface area contributed by atoms with Crippen molar-refractivity contribution >= 4 is 16.9 Å². The zero-order valence-corrected chi connectivity index (χ0v) is 21.7. The Labute approximate surface area is 219 Å². The van der Waals surface area contributed by atoms with Crippen LogP contribution in [0.5, 0.6) is 5.75 Å². The lowest BCUT2D eigenvalue weighted by Crippen LogP contribution is -2.45. The van der Waals surface area contributed by atoms with E-state index in [1.807, 2.05) is 44.1 Å². The molecule has 0 amide bonds. The number of likely N-dealkylation sites (N-methyl/N-ethyl adjacent to an activating group) is 2. The number of halogens is 1. The number of aromatic amines is 2. The van der Waals surface area contributed by atoms with Crippen molar-refractivity contribution in [3.63, 3.8) is 0 Å². The van der Waals surface area contributed by atoms with Gasteiger partial charge in [-0.05, 0) is 67.9 Å². The summed E-state index contributed by atoms with van der Waals surface area (Å²) in [5.41, 5.74) is 5.72. The third-order valence-electron chi connectivity index (χ3n) is 7.75. The number of likely N-dealkylation sites (tertiary alicyclic amines) is 1. The van der Waals surface area contributed by atoms with Crippen LogP contribution < -0.4 is 0 Å². The first kappa shape index (κ1) is 24.6. The van der Waals surface area contributed by atoms with Crippen LogP contribution in [0.2, 0.25) is 0 Å². The molecular weight excluding hydrogens is 487 g/mol. The number of aromatic nitrogens is 4. The first-order chi connectivity index (χ1) is 18.3. The van der Waals surface area contributed by atoms with Crippen LogP contribution in [0.4, 0.5) is 4.39 Å². The molecule has 2 unspecified atom stereocenters. The topological polar surface area (TPSA) is 110 Å². The van der Waals surface area contributed by atoms with Gasteiger partial charge in [-0.15, -0.1) is 0 Å². The number of phenolic OH excluding ortho intramolecular Hbond substituents is 1. The number of imidazole rings is 1. The van der Waals surface area contributed by atoms with Crippen LogP contribution in [0.25, 0.3) is 33.5 Å². The predicted octanol–water partition coefficient (Wildman–Crippen LogP) is 3.63.